The van der Waals surface area contributed by atoms with E-state index in [-0.39, 0.29) is 19.1 Å². The number of fused-ring (bicyclic) bond motifs is 1. The van der Waals surface area contributed by atoms with E-state index in [1.807, 2.05) is 13.0 Å². The van der Waals surface area contributed by atoms with Crippen LogP contribution in [0.25, 0.3) is 11.3 Å². The molecule has 1 saturated heterocycles. The molecule has 10 nitrogen and oxygen atoms in total. The molecule has 1 amide bonds. The van der Waals surface area contributed by atoms with Gasteiger partial charge < -0.3 is 20.6 Å². The van der Waals surface area contributed by atoms with Gasteiger partial charge in [-0.1, -0.05) is 6.92 Å². The third kappa shape index (κ3) is 4.22. The Balaban J connectivity index is 1.41. The van der Waals surface area contributed by atoms with Gasteiger partial charge in [-0.3, -0.25) is 4.79 Å². The average molecular weight is 495 g/mol. The first-order chi connectivity index (χ1) is 17.1. The number of aromatic nitrogens is 4. The van der Waals surface area contributed by atoms with Crippen molar-refractivity contribution in [3.63, 3.8) is 0 Å². The molecular weight excluding hydrogens is 470 g/mol. The van der Waals surface area contributed by atoms with Crippen LogP contribution in [0.3, 0.4) is 0 Å². The van der Waals surface area contributed by atoms with E-state index in [0.717, 1.165) is 10.5 Å². The monoisotopic (exact) mass is 494 g/mol. The number of nitrogens with zero attached hydrogens (tertiary/aromatic N) is 6. The molecule has 12 heteroatoms. The van der Waals surface area contributed by atoms with Crippen molar-refractivity contribution in [3.05, 3.63) is 47.3 Å². The second kappa shape index (κ2) is 8.53. The zero-order valence-corrected chi connectivity index (χ0v) is 19.7. The van der Waals surface area contributed by atoms with E-state index in [2.05, 4.69) is 31.8 Å². The molecule has 5 rings (SSSR count). The van der Waals surface area contributed by atoms with Crippen molar-refractivity contribution in [1.29, 1.82) is 5.26 Å². The number of nitrogens with one attached hydrogen (secondary N) is 2. The number of alkyl halides is 2. The number of amides is 1. The van der Waals surface area contributed by atoms with Gasteiger partial charge in [0, 0.05) is 29.8 Å². The Bertz CT molecular complexity index is 1390. The van der Waals surface area contributed by atoms with Crippen LogP contribution < -0.4 is 10.6 Å². The van der Waals surface area contributed by atoms with E-state index in [0.29, 0.717) is 40.6 Å². The summed E-state index contributed by atoms with van der Waals surface area (Å²) in [6.45, 7) is 2.75. The van der Waals surface area contributed by atoms with Gasteiger partial charge in [-0.2, -0.15) is 10.4 Å². The van der Waals surface area contributed by atoms with Gasteiger partial charge in [0.05, 0.1) is 42.3 Å². The molecule has 2 aliphatic heterocycles. The Morgan fingerprint density at radius 1 is 1.33 bits per heavy atom. The molecule has 2 aliphatic rings. The molecule has 0 radical (unpaired) electrons. The number of anilines is 3. The molecule has 2 aromatic heterocycles. The number of aryl methyl sites for hydroxylation is 1. The number of carbonyl (C=O) groups excluding carboxylic acids is 1. The molecule has 0 aliphatic carbocycles. The quantitative estimate of drug-likeness (QED) is 0.476. The summed E-state index contributed by atoms with van der Waals surface area (Å²) in [5, 5.41) is 30.2. The number of hydrogen-bond donors (Lipinski definition) is 3. The summed E-state index contributed by atoms with van der Waals surface area (Å²) in [7, 11) is 0. The highest BCUT2D eigenvalue weighted by molar-refractivity contribution is 5.78. The van der Waals surface area contributed by atoms with Crippen molar-refractivity contribution in [2.45, 2.75) is 31.7 Å². The topological polar surface area (TPSA) is 132 Å². The molecule has 0 unspecified atom stereocenters. The first kappa shape index (κ1) is 23.6. The van der Waals surface area contributed by atoms with Gasteiger partial charge in [0.25, 0.3) is 5.92 Å². The fourth-order valence-corrected chi connectivity index (χ4v) is 4.44. The van der Waals surface area contributed by atoms with Gasteiger partial charge in [-0.15, -0.1) is 0 Å². The Morgan fingerprint density at radius 3 is 2.81 bits per heavy atom. The second-order valence-corrected chi connectivity index (χ2v) is 9.46. The lowest BCUT2D eigenvalue weighted by Crippen LogP contribution is -2.59. The van der Waals surface area contributed by atoms with Crippen molar-refractivity contribution in [3.8, 4) is 17.3 Å². The van der Waals surface area contributed by atoms with Crippen LogP contribution in [0, 0.1) is 18.3 Å². The van der Waals surface area contributed by atoms with E-state index in [1.54, 1.807) is 31.3 Å². The van der Waals surface area contributed by atoms with Crippen LogP contribution in [0.15, 0.2) is 30.5 Å². The van der Waals surface area contributed by atoms with E-state index >= 15 is 0 Å². The molecule has 0 bridgehead atoms. The lowest BCUT2D eigenvalue weighted by atomic mass is 9.83. The number of nitriles is 1. The Hall–Kier alpha value is -4.11. The van der Waals surface area contributed by atoms with Crippen LogP contribution in [0.2, 0.25) is 0 Å². The second-order valence-electron chi connectivity index (χ2n) is 9.46. The minimum absolute atomic E-state index is 0.0744. The molecule has 3 aromatic rings. The normalized spacial score (nSPS) is 19.7. The third-order valence-corrected chi connectivity index (χ3v) is 6.49. The van der Waals surface area contributed by atoms with Crippen LogP contribution in [0.4, 0.5) is 26.2 Å². The summed E-state index contributed by atoms with van der Waals surface area (Å²) < 4.78 is 27.7. The maximum absolute atomic E-state index is 13.1. The number of hydrogen-bond acceptors (Lipinski definition) is 8. The third-order valence-electron chi connectivity index (χ3n) is 6.49. The van der Waals surface area contributed by atoms with E-state index in [1.165, 1.54) is 4.68 Å². The Morgan fingerprint density at radius 2 is 2.11 bits per heavy atom. The Kier molecular flexibility index (Phi) is 5.60. The molecule has 36 heavy (non-hydrogen) atoms. The summed E-state index contributed by atoms with van der Waals surface area (Å²) in [6.07, 6.45) is 1.56. The van der Waals surface area contributed by atoms with E-state index in [4.69, 9.17) is 0 Å². The molecular formula is C24H24F2N8O2. The highest BCUT2D eigenvalue weighted by atomic mass is 19.3. The predicted molar refractivity (Wildman–Crippen MR) is 127 cm³/mol. The van der Waals surface area contributed by atoms with Crippen molar-refractivity contribution in [2.24, 2.45) is 0 Å². The summed E-state index contributed by atoms with van der Waals surface area (Å²) in [6, 6.07) is 9.27. The average Bonchev–Trinajstić information content (AvgIpc) is 3.36. The molecule has 186 valence electrons. The standard InChI is InChI=1S/C24H24F2N8O2/c1-14-5-19(34(32-14)9-20(36)33-11-24(25,26)12-33)31-22-28-4-3-18(30-22)15-6-16(8-27)21-17(7-15)23(2,13-35)10-29-21/h3-7,29,35H,9-13H2,1-2H3,(H,28,30,31)/t23-/m1/s1. The van der Waals surface area contributed by atoms with Gasteiger partial charge in [0.2, 0.25) is 11.9 Å². The summed E-state index contributed by atoms with van der Waals surface area (Å²) in [4.78, 5) is 22.3. The van der Waals surface area contributed by atoms with Gasteiger partial charge in [0.1, 0.15) is 18.4 Å². The van der Waals surface area contributed by atoms with Gasteiger partial charge in [-0.05, 0) is 30.7 Å². The lowest BCUT2D eigenvalue weighted by molar-refractivity contribution is -0.166. The van der Waals surface area contributed by atoms with Crippen LogP contribution in [0.1, 0.15) is 23.7 Å². The van der Waals surface area contributed by atoms with Crippen LogP contribution in [0.5, 0.6) is 0 Å². The van der Waals surface area contributed by atoms with E-state index in [9.17, 15) is 23.9 Å². The van der Waals surface area contributed by atoms with Crippen molar-refractivity contribution in [1.82, 2.24) is 24.6 Å². The molecule has 1 fully saturated rings. The number of aliphatic hydroxyl groups is 1. The smallest absolute Gasteiger partial charge is 0.282 e. The number of rotatable bonds is 6. The van der Waals surface area contributed by atoms with Gasteiger partial charge in [0.15, 0.2) is 0 Å². The highest BCUT2D eigenvalue weighted by Crippen LogP contribution is 2.41. The van der Waals surface area contributed by atoms with Crippen LogP contribution in [-0.4, -0.2) is 67.8 Å². The zero-order valence-electron chi connectivity index (χ0n) is 19.7. The van der Waals surface area contributed by atoms with Crippen molar-refractivity contribution in [2.75, 3.05) is 36.9 Å². The summed E-state index contributed by atoms with van der Waals surface area (Å²) >= 11 is 0. The predicted octanol–water partition coefficient (Wildman–Crippen LogP) is 2.42. The molecule has 4 heterocycles. The molecule has 1 aromatic carbocycles. The molecule has 3 N–H and O–H groups in total. The fourth-order valence-electron chi connectivity index (χ4n) is 4.44. The largest absolute Gasteiger partial charge is 0.395 e. The maximum atomic E-state index is 13.1. The SMILES string of the molecule is Cc1cc(Nc2nccc(-c3cc(C#N)c4c(c3)[C@@](C)(CO)CN4)n2)n(CC(=O)N2CC(F)(F)C2)n1. The van der Waals surface area contributed by atoms with Gasteiger partial charge in [-0.25, -0.2) is 23.4 Å². The number of likely N-dealkylation sites (tertiary alicyclic amines) is 1. The first-order valence-corrected chi connectivity index (χ1v) is 11.3. The minimum Gasteiger partial charge on any atom is -0.395 e. The maximum Gasteiger partial charge on any atom is 0.282 e. The molecule has 0 spiro atoms. The summed E-state index contributed by atoms with van der Waals surface area (Å²) in [5.41, 5.74) is 3.37. The number of aliphatic hydroxyl groups excluding tert-OH is 1. The van der Waals surface area contributed by atoms with E-state index < -0.39 is 30.3 Å². The first-order valence-electron chi connectivity index (χ1n) is 11.3. The van der Waals surface area contributed by atoms with Crippen LogP contribution in [-0.2, 0) is 16.8 Å². The summed E-state index contributed by atoms with van der Waals surface area (Å²) in [5.74, 6) is -2.62. The van der Waals surface area contributed by atoms with Crippen molar-refractivity contribution < 1.29 is 18.7 Å². The van der Waals surface area contributed by atoms with Crippen molar-refractivity contribution >= 4 is 23.4 Å². The lowest BCUT2D eigenvalue weighted by Gasteiger charge is -2.38. The highest BCUT2D eigenvalue weighted by Gasteiger charge is 2.46. The Labute approximate surface area is 205 Å². The van der Waals surface area contributed by atoms with Gasteiger partial charge >= 0.3 is 0 Å². The molecule has 1 atom stereocenters. The fraction of sp³-hybridized carbons (Fsp3) is 0.375. The number of carbonyl (C=O) groups is 1. The zero-order chi connectivity index (χ0) is 25.7. The molecule has 0 saturated carbocycles. The minimum atomic E-state index is -2.83. The van der Waals surface area contributed by atoms with Crippen LogP contribution >= 0.6 is 0 Å². The number of halogens is 2. The number of benzene rings is 1.